The van der Waals surface area contributed by atoms with E-state index in [9.17, 15) is 4.79 Å². The molecule has 0 saturated heterocycles. The van der Waals surface area contributed by atoms with E-state index >= 15 is 0 Å². The second-order valence-electron chi connectivity index (χ2n) is 4.36. The highest BCUT2D eigenvalue weighted by molar-refractivity contribution is 5.96. The third-order valence-corrected chi connectivity index (χ3v) is 2.98. The van der Waals surface area contributed by atoms with Crippen molar-refractivity contribution in [3.05, 3.63) is 47.3 Å². The molecule has 1 heterocycles. The van der Waals surface area contributed by atoms with Crippen molar-refractivity contribution in [3.8, 4) is 11.8 Å². The van der Waals surface area contributed by atoms with Crippen LogP contribution in [0.3, 0.4) is 0 Å². The Morgan fingerprint density at radius 2 is 2.33 bits per heavy atom. The van der Waals surface area contributed by atoms with Crippen molar-refractivity contribution in [2.45, 2.75) is 13.5 Å². The van der Waals surface area contributed by atoms with Gasteiger partial charge in [0.1, 0.15) is 6.61 Å². The lowest BCUT2D eigenvalue weighted by Gasteiger charge is -2.09. The zero-order valence-corrected chi connectivity index (χ0v) is 11.7. The van der Waals surface area contributed by atoms with E-state index in [0.29, 0.717) is 18.7 Å². The van der Waals surface area contributed by atoms with Gasteiger partial charge in [-0.15, -0.1) is 5.10 Å². The Hall–Kier alpha value is -2.65. The minimum Gasteiger partial charge on any atom is -0.384 e. The highest BCUT2D eigenvalue weighted by Gasteiger charge is 2.10. The van der Waals surface area contributed by atoms with E-state index in [4.69, 9.17) is 5.11 Å². The lowest BCUT2D eigenvalue weighted by Crippen LogP contribution is -2.28. The molecule has 2 N–H and O–H groups in total. The minimum atomic E-state index is -0.201. The molecule has 0 atom stereocenters. The van der Waals surface area contributed by atoms with Crippen LogP contribution in [0.25, 0.3) is 0 Å². The Bertz CT molecular complexity index is 669. The van der Waals surface area contributed by atoms with Crippen LogP contribution in [0.1, 0.15) is 21.5 Å². The Morgan fingerprint density at radius 1 is 1.48 bits per heavy atom. The SMILES string of the molecule is Cc1c(C#CCO)cccc1C(=O)NCCn1ccnn1. The molecule has 0 bridgehead atoms. The second-order valence-corrected chi connectivity index (χ2v) is 4.36. The maximum absolute atomic E-state index is 12.2. The highest BCUT2D eigenvalue weighted by atomic mass is 16.2. The molecule has 0 spiro atoms. The molecule has 1 aromatic carbocycles. The smallest absolute Gasteiger partial charge is 0.251 e. The Morgan fingerprint density at radius 3 is 3.05 bits per heavy atom. The van der Waals surface area contributed by atoms with Gasteiger partial charge >= 0.3 is 0 Å². The summed E-state index contributed by atoms with van der Waals surface area (Å²) in [6, 6.07) is 5.36. The van der Waals surface area contributed by atoms with Gasteiger partial charge in [0, 0.05) is 23.9 Å². The Balaban J connectivity index is 2.01. The minimum absolute atomic E-state index is 0.153. The van der Waals surface area contributed by atoms with Crippen molar-refractivity contribution in [1.29, 1.82) is 0 Å². The largest absolute Gasteiger partial charge is 0.384 e. The van der Waals surface area contributed by atoms with Gasteiger partial charge < -0.3 is 10.4 Å². The van der Waals surface area contributed by atoms with Crippen LogP contribution in [0.4, 0.5) is 0 Å². The number of hydrogen-bond donors (Lipinski definition) is 2. The molecule has 0 aliphatic rings. The predicted molar refractivity (Wildman–Crippen MR) is 77.5 cm³/mol. The maximum Gasteiger partial charge on any atom is 0.251 e. The molecule has 6 nitrogen and oxygen atoms in total. The van der Waals surface area contributed by atoms with Crippen molar-refractivity contribution in [3.63, 3.8) is 0 Å². The third kappa shape index (κ3) is 3.91. The summed E-state index contributed by atoms with van der Waals surface area (Å²) in [6.07, 6.45) is 3.33. The number of nitrogens with one attached hydrogen (secondary N) is 1. The average molecular weight is 284 g/mol. The van der Waals surface area contributed by atoms with Crippen molar-refractivity contribution >= 4 is 5.91 Å². The van der Waals surface area contributed by atoms with E-state index in [-0.39, 0.29) is 12.5 Å². The number of rotatable bonds is 4. The average Bonchev–Trinajstić information content (AvgIpc) is 2.99. The van der Waals surface area contributed by atoms with Crippen LogP contribution in [-0.4, -0.2) is 39.2 Å². The van der Waals surface area contributed by atoms with E-state index in [1.807, 2.05) is 13.0 Å². The topological polar surface area (TPSA) is 80.0 Å². The van der Waals surface area contributed by atoms with Gasteiger partial charge in [-0.25, -0.2) is 0 Å². The molecule has 0 fully saturated rings. The summed E-state index contributed by atoms with van der Waals surface area (Å²) >= 11 is 0. The number of amides is 1. The van der Waals surface area contributed by atoms with Gasteiger partial charge in [-0.1, -0.05) is 23.1 Å². The molecular weight excluding hydrogens is 268 g/mol. The number of carbonyl (C=O) groups excluding carboxylic acids is 1. The van der Waals surface area contributed by atoms with Gasteiger partial charge in [-0.3, -0.25) is 9.48 Å². The molecule has 0 aliphatic heterocycles. The number of aliphatic hydroxyl groups is 1. The monoisotopic (exact) mass is 284 g/mol. The van der Waals surface area contributed by atoms with Crippen molar-refractivity contribution < 1.29 is 9.90 Å². The van der Waals surface area contributed by atoms with Gasteiger partial charge in [0.25, 0.3) is 5.91 Å². The van der Waals surface area contributed by atoms with Gasteiger partial charge in [-0.05, 0) is 24.6 Å². The van der Waals surface area contributed by atoms with Crippen LogP contribution in [-0.2, 0) is 6.54 Å². The third-order valence-electron chi connectivity index (χ3n) is 2.98. The number of aliphatic hydroxyl groups excluding tert-OH is 1. The first kappa shape index (κ1) is 14.8. The van der Waals surface area contributed by atoms with Crippen molar-refractivity contribution in [2.24, 2.45) is 0 Å². The van der Waals surface area contributed by atoms with Gasteiger partial charge in [0.2, 0.25) is 0 Å². The second kappa shape index (κ2) is 7.22. The lowest BCUT2D eigenvalue weighted by molar-refractivity contribution is 0.0951. The first-order valence-electron chi connectivity index (χ1n) is 6.54. The summed E-state index contributed by atoms with van der Waals surface area (Å²) in [5.74, 6) is 5.27. The summed E-state index contributed by atoms with van der Waals surface area (Å²) in [5.41, 5.74) is 2.13. The fourth-order valence-corrected chi connectivity index (χ4v) is 1.88. The summed E-state index contributed by atoms with van der Waals surface area (Å²) in [5, 5.41) is 19.1. The number of nitrogens with zero attached hydrogens (tertiary/aromatic N) is 3. The predicted octanol–water partition coefficient (Wildman–Crippen LogP) is 0.360. The highest BCUT2D eigenvalue weighted by Crippen LogP contribution is 2.12. The maximum atomic E-state index is 12.2. The first-order valence-corrected chi connectivity index (χ1v) is 6.54. The molecule has 2 aromatic rings. The zero-order chi connectivity index (χ0) is 15.1. The Labute approximate surface area is 122 Å². The van der Waals surface area contributed by atoms with E-state index in [1.54, 1.807) is 29.2 Å². The van der Waals surface area contributed by atoms with Crippen molar-refractivity contribution in [1.82, 2.24) is 20.3 Å². The van der Waals surface area contributed by atoms with Crippen LogP contribution in [0.5, 0.6) is 0 Å². The number of aromatic nitrogens is 3. The Kier molecular flexibility index (Phi) is 5.07. The molecule has 2 rings (SSSR count). The van der Waals surface area contributed by atoms with E-state index < -0.39 is 0 Å². The first-order chi connectivity index (χ1) is 10.2. The van der Waals surface area contributed by atoms with Gasteiger partial charge in [-0.2, -0.15) is 0 Å². The van der Waals surface area contributed by atoms with Crippen LogP contribution < -0.4 is 5.32 Å². The molecule has 0 saturated carbocycles. The molecule has 6 heteroatoms. The van der Waals surface area contributed by atoms with E-state index in [0.717, 1.165) is 11.1 Å². The van der Waals surface area contributed by atoms with Gasteiger partial charge in [0.15, 0.2) is 0 Å². The molecular formula is C15H16N4O2. The number of benzene rings is 1. The molecule has 108 valence electrons. The molecule has 1 aromatic heterocycles. The van der Waals surface area contributed by atoms with Gasteiger partial charge in [0.05, 0.1) is 12.7 Å². The van der Waals surface area contributed by atoms with E-state index in [2.05, 4.69) is 27.5 Å². The van der Waals surface area contributed by atoms with Crippen LogP contribution in [0, 0.1) is 18.8 Å². The quantitative estimate of drug-likeness (QED) is 0.795. The molecule has 0 aliphatic carbocycles. The molecule has 21 heavy (non-hydrogen) atoms. The molecule has 0 radical (unpaired) electrons. The summed E-state index contributed by atoms with van der Waals surface area (Å²) in [6.45, 7) is 2.67. The van der Waals surface area contributed by atoms with Crippen LogP contribution in [0.15, 0.2) is 30.6 Å². The lowest BCUT2D eigenvalue weighted by atomic mass is 10.0. The number of hydrogen-bond acceptors (Lipinski definition) is 4. The summed E-state index contributed by atoms with van der Waals surface area (Å²) in [4.78, 5) is 12.2. The van der Waals surface area contributed by atoms with Crippen molar-refractivity contribution in [2.75, 3.05) is 13.2 Å². The normalized spacial score (nSPS) is 9.81. The van der Waals surface area contributed by atoms with E-state index in [1.165, 1.54) is 0 Å². The van der Waals surface area contributed by atoms with Crippen LogP contribution >= 0.6 is 0 Å². The number of carbonyl (C=O) groups is 1. The van der Waals surface area contributed by atoms with Crippen LogP contribution in [0.2, 0.25) is 0 Å². The molecule has 1 amide bonds. The fourth-order valence-electron chi connectivity index (χ4n) is 1.88. The summed E-state index contributed by atoms with van der Waals surface area (Å²) < 4.78 is 1.65. The summed E-state index contributed by atoms with van der Waals surface area (Å²) in [7, 11) is 0. The zero-order valence-electron chi connectivity index (χ0n) is 11.7. The standard InChI is InChI=1S/C15H16N4O2/c1-12-13(5-3-11-20)4-2-6-14(12)15(21)16-7-9-19-10-8-17-18-19/h2,4,6,8,10,20H,7,9,11H2,1H3,(H,16,21). The molecule has 0 unspecified atom stereocenters. The fraction of sp³-hybridized carbons (Fsp3) is 0.267.